The Morgan fingerprint density at radius 1 is 1.44 bits per heavy atom. The van der Waals surface area contributed by atoms with Crippen LogP contribution in [0.15, 0.2) is 17.0 Å². The summed E-state index contributed by atoms with van der Waals surface area (Å²) < 4.78 is 26.9. The van der Waals surface area contributed by atoms with Crippen LogP contribution in [0.2, 0.25) is 0 Å². The van der Waals surface area contributed by atoms with Crippen molar-refractivity contribution in [2.24, 2.45) is 5.92 Å². The molecule has 2 rings (SSSR count). The summed E-state index contributed by atoms with van der Waals surface area (Å²) in [5.41, 5.74) is 0. The van der Waals surface area contributed by atoms with Crippen LogP contribution in [0.1, 0.15) is 12.8 Å². The summed E-state index contributed by atoms with van der Waals surface area (Å²) in [6.45, 7) is 1.73. The van der Waals surface area contributed by atoms with Crippen LogP contribution in [0, 0.1) is 5.92 Å². The van der Waals surface area contributed by atoms with Crippen LogP contribution in [-0.4, -0.2) is 37.2 Å². The van der Waals surface area contributed by atoms with Gasteiger partial charge in [0.05, 0.1) is 18.1 Å². The third-order valence-corrected chi connectivity index (χ3v) is 4.57. The first kappa shape index (κ1) is 13.7. The van der Waals surface area contributed by atoms with Crippen LogP contribution in [-0.2, 0) is 10.0 Å². The summed E-state index contributed by atoms with van der Waals surface area (Å²) >= 11 is 3.15. The second kappa shape index (κ2) is 5.94. The Hall–Kier alpha value is -0.730. The molecule has 1 unspecified atom stereocenters. The van der Waals surface area contributed by atoms with Crippen molar-refractivity contribution in [3.8, 4) is 0 Å². The predicted octanol–water partition coefficient (Wildman–Crippen LogP) is 0.980. The minimum Gasteiger partial charge on any atom is -0.316 e. The van der Waals surface area contributed by atoms with Crippen molar-refractivity contribution in [3.63, 3.8) is 0 Å². The highest BCUT2D eigenvalue weighted by atomic mass is 79.9. The smallest absolute Gasteiger partial charge is 0.234 e. The molecule has 0 bridgehead atoms. The zero-order chi connectivity index (χ0) is 13.0. The Balaban J connectivity index is 1.96. The van der Waals surface area contributed by atoms with Gasteiger partial charge in [0.15, 0.2) is 5.82 Å². The molecule has 100 valence electrons. The van der Waals surface area contributed by atoms with E-state index in [0.717, 1.165) is 25.9 Å². The van der Waals surface area contributed by atoms with E-state index in [-0.39, 0.29) is 17.5 Å². The van der Waals surface area contributed by atoms with Gasteiger partial charge in [0.2, 0.25) is 10.0 Å². The Bertz CT molecular complexity index is 485. The maximum Gasteiger partial charge on any atom is 0.234 e. The number of aromatic nitrogens is 2. The van der Waals surface area contributed by atoms with Gasteiger partial charge in [0.25, 0.3) is 0 Å². The summed E-state index contributed by atoms with van der Waals surface area (Å²) in [5.74, 6) is 0.541. The number of hydrogen-bond acceptors (Lipinski definition) is 5. The Morgan fingerprint density at radius 2 is 2.28 bits per heavy atom. The lowest BCUT2D eigenvalue weighted by Crippen LogP contribution is -2.35. The van der Waals surface area contributed by atoms with Crippen LogP contribution in [0.25, 0.3) is 0 Å². The largest absolute Gasteiger partial charge is 0.316 e. The number of anilines is 1. The summed E-state index contributed by atoms with van der Waals surface area (Å²) in [6, 6.07) is 0. The van der Waals surface area contributed by atoms with Crippen molar-refractivity contribution in [3.05, 3.63) is 17.0 Å². The first-order valence-corrected chi connectivity index (χ1v) is 8.18. The first-order chi connectivity index (χ1) is 8.55. The van der Waals surface area contributed by atoms with E-state index in [0.29, 0.717) is 4.60 Å². The molecule has 1 fully saturated rings. The molecule has 0 amide bonds. The van der Waals surface area contributed by atoms with Crippen molar-refractivity contribution < 1.29 is 8.42 Å². The standard InChI is InChI=1S/C10H15BrN4O2S/c11-9-5-14-10(6-13-9)15-18(16,17)7-8-2-1-3-12-4-8/h5-6,8,12H,1-4,7H2,(H,14,15). The molecular weight excluding hydrogens is 320 g/mol. The summed E-state index contributed by atoms with van der Waals surface area (Å²) in [7, 11) is -3.35. The highest BCUT2D eigenvalue weighted by Crippen LogP contribution is 2.14. The zero-order valence-electron chi connectivity index (χ0n) is 9.76. The van der Waals surface area contributed by atoms with Crippen LogP contribution < -0.4 is 10.0 Å². The normalized spacial score (nSPS) is 20.6. The lowest BCUT2D eigenvalue weighted by molar-refractivity contribution is 0.404. The fourth-order valence-electron chi connectivity index (χ4n) is 1.94. The Kier molecular flexibility index (Phi) is 4.52. The van der Waals surface area contributed by atoms with Crippen molar-refractivity contribution in [1.29, 1.82) is 0 Å². The molecule has 8 heteroatoms. The van der Waals surface area contributed by atoms with E-state index in [1.807, 2.05) is 0 Å². The molecule has 0 aromatic carbocycles. The van der Waals surface area contributed by atoms with E-state index >= 15 is 0 Å². The minimum atomic E-state index is -3.35. The average Bonchev–Trinajstić information content (AvgIpc) is 2.32. The van der Waals surface area contributed by atoms with Gasteiger partial charge < -0.3 is 5.32 Å². The summed E-state index contributed by atoms with van der Waals surface area (Å²) in [5, 5.41) is 3.20. The van der Waals surface area contributed by atoms with Gasteiger partial charge in [-0.2, -0.15) is 0 Å². The van der Waals surface area contributed by atoms with Crippen LogP contribution >= 0.6 is 15.9 Å². The van der Waals surface area contributed by atoms with E-state index in [4.69, 9.17) is 0 Å². The summed E-state index contributed by atoms with van der Waals surface area (Å²) in [4.78, 5) is 7.87. The minimum absolute atomic E-state index is 0.123. The van der Waals surface area contributed by atoms with Gasteiger partial charge >= 0.3 is 0 Å². The zero-order valence-corrected chi connectivity index (χ0v) is 12.2. The van der Waals surface area contributed by atoms with Crippen molar-refractivity contribution in [2.45, 2.75) is 12.8 Å². The lowest BCUT2D eigenvalue weighted by Gasteiger charge is -2.22. The van der Waals surface area contributed by atoms with Crippen molar-refractivity contribution in [1.82, 2.24) is 15.3 Å². The topological polar surface area (TPSA) is 84.0 Å². The molecule has 1 saturated heterocycles. The fraction of sp³-hybridized carbons (Fsp3) is 0.600. The second-order valence-corrected chi connectivity index (χ2v) is 6.90. The van der Waals surface area contributed by atoms with Gasteiger partial charge in [-0.25, -0.2) is 18.4 Å². The molecule has 1 aromatic heterocycles. The van der Waals surface area contributed by atoms with Gasteiger partial charge in [-0.1, -0.05) is 0 Å². The number of halogens is 1. The number of nitrogens with one attached hydrogen (secondary N) is 2. The molecule has 1 aromatic rings. The lowest BCUT2D eigenvalue weighted by atomic mass is 10.0. The van der Waals surface area contributed by atoms with Gasteiger partial charge in [-0.15, -0.1) is 0 Å². The van der Waals surface area contributed by atoms with Crippen LogP contribution in [0.4, 0.5) is 5.82 Å². The SMILES string of the molecule is O=S(=O)(CC1CCCNC1)Nc1cnc(Br)cn1. The molecule has 6 nitrogen and oxygen atoms in total. The molecule has 1 aliphatic rings. The van der Waals surface area contributed by atoms with Gasteiger partial charge in [0, 0.05) is 0 Å². The average molecular weight is 335 g/mol. The Morgan fingerprint density at radius 3 is 2.89 bits per heavy atom. The second-order valence-electron chi connectivity index (χ2n) is 4.32. The maximum absolute atomic E-state index is 11.9. The van der Waals surface area contributed by atoms with E-state index in [1.54, 1.807) is 0 Å². The number of sulfonamides is 1. The molecule has 2 heterocycles. The van der Waals surface area contributed by atoms with E-state index in [9.17, 15) is 8.42 Å². The van der Waals surface area contributed by atoms with Gasteiger partial charge in [-0.3, -0.25) is 4.72 Å². The monoisotopic (exact) mass is 334 g/mol. The maximum atomic E-state index is 11.9. The molecule has 0 radical (unpaired) electrons. The van der Waals surface area contributed by atoms with Crippen molar-refractivity contribution >= 4 is 31.8 Å². The fourth-order valence-corrected chi connectivity index (χ4v) is 3.56. The van der Waals surface area contributed by atoms with Gasteiger partial charge in [0.1, 0.15) is 4.60 Å². The van der Waals surface area contributed by atoms with E-state index in [2.05, 4.69) is 35.9 Å². The quantitative estimate of drug-likeness (QED) is 0.857. The van der Waals surface area contributed by atoms with Crippen molar-refractivity contribution in [2.75, 3.05) is 23.6 Å². The summed E-state index contributed by atoms with van der Waals surface area (Å²) in [6.07, 6.45) is 4.82. The molecule has 18 heavy (non-hydrogen) atoms. The van der Waals surface area contributed by atoms with Gasteiger partial charge in [-0.05, 0) is 47.8 Å². The highest BCUT2D eigenvalue weighted by molar-refractivity contribution is 9.10. The molecule has 1 atom stereocenters. The van der Waals surface area contributed by atoms with Crippen LogP contribution in [0.5, 0.6) is 0 Å². The molecule has 0 spiro atoms. The molecule has 1 aliphatic heterocycles. The number of piperidine rings is 1. The first-order valence-electron chi connectivity index (χ1n) is 5.74. The number of rotatable bonds is 4. The van der Waals surface area contributed by atoms with E-state index in [1.165, 1.54) is 12.4 Å². The molecular formula is C10H15BrN4O2S. The molecule has 0 saturated carbocycles. The third kappa shape index (κ3) is 4.18. The number of hydrogen-bond donors (Lipinski definition) is 2. The van der Waals surface area contributed by atoms with E-state index < -0.39 is 10.0 Å². The molecule has 2 N–H and O–H groups in total. The third-order valence-electron chi connectivity index (χ3n) is 2.73. The van der Waals surface area contributed by atoms with Crippen LogP contribution in [0.3, 0.4) is 0 Å². The Labute approximate surface area is 115 Å². The highest BCUT2D eigenvalue weighted by Gasteiger charge is 2.21. The number of nitrogens with zero attached hydrogens (tertiary/aromatic N) is 2. The predicted molar refractivity (Wildman–Crippen MR) is 72.7 cm³/mol. The molecule has 0 aliphatic carbocycles.